The summed E-state index contributed by atoms with van der Waals surface area (Å²) in [6.07, 6.45) is 6.09. The van der Waals surface area contributed by atoms with E-state index in [0.29, 0.717) is 18.8 Å². The first kappa shape index (κ1) is 17.9. The van der Waals surface area contributed by atoms with Gasteiger partial charge in [0.15, 0.2) is 0 Å². The molecule has 8 heteroatoms. The molecule has 1 aliphatic carbocycles. The van der Waals surface area contributed by atoms with Crippen molar-refractivity contribution in [2.75, 3.05) is 12.3 Å². The SMILES string of the molecule is CC(c1cnc(C23CNC(=O)C2C3)nc1COC(C)(C)C)n1cc(N)cn1. The zero-order valence-corrected chi connectivity index (χ0v) is 16.2. The molecule has 1 aliphatic heterocycles. The minimum atomic E-state index is -0.285. The predicted molar refractivity (Wildman–Crippen MR) is 99.8 cm³/mol. The monoisotopic (exact) mass is 370 g/mol. The number of rotatable bonds is 5. The van der Waals surface area contributed by atoms with Crippen LogP contribution >= 0.6 is 0 Å². The minimum absolute atomic E-state index is 0.00284. The number of nitrogens with one attached hydrogen (secondary N) is 1. The van der Waals surface area contributed by atoms with E-state index in [2.05, 4.69) is 15.4 Å². The van der Waals surface area contributed by atoms with Crippen LogP contribution < -0.4 is 11.1 Å². The molecule has 3 atom stereocenters. The zero-order chi connectivity index (χ0) is 19.4. The molecule has 3 unspecified atom stereocenters. The van der Waals surface area contributed by atoms with E-state index in [0.717, 1.165) is 23.5 Å². The Morgan fingerprint density at radius 1 is 1.44 bits per heavy atom. The second-order valence-corrected chi connectivity index (χ2v) is 8.56. The van der Waals surface area contributed by atoms with Crippen molar-refractivity contribution in [1.82, 2.24) is 25.1 Å². The molecule has 2 fully saturated rings. The Hall–Kier alpha value is -2.48. The fraction of sp³-hybridized carbons (Fsp3) is 0.579. The highest BCUT2D eigenvalue weighted by molar-refractivity contribution is 5.87. The van der Waals surface area contributed by atoms with Crippen molar-refractivity contribution in [3.63, 3.8) is 0 Å². The lowest BCUT2D eigenvalue weighted by Gasteiger charge is -2.23. The number of hydrogen-bond donors (Lipinski definition) is 2. The highest BCUT2D eigenvalue weighted by Gasteiger charge is 2.65. The zero-order valence-electron chi connectivity index (χ0n) is 16.2. The summed E-state index contributed by atoms with van der Waals surface area (Å²) in [6.45, 7) is 9.06. The molecule has 3 N–H and O–H groups in total. The van der Waals surface area contributed by atoms with E-state index in [-0.39, 0.29) is 28.9 Å². The summed E-state index contributed by atoms with van der Waals surface area (Å²) in [7, 11) is 0. The van der Waals surface area contributed by atoms with Crippen molar-refractivity contribution in [3.05, 3.63) is 35.7 Å². The van der Waals surface area contributed by atoms with Crippen LogP contribution in [0.1, 0.15) is 57.2 Å². The first-order chi connectivity index (χ1) is 12.7. The maximum absolute atomic E-state index is 11.9. The molecule has 8 nitrogen and oxygen atoms in total. The van der Waals surface area contributed by atoms with E-state index in [1.165, 1.54) is 0 Å². The number of aromatic nitrogens is 4. The number of carbonyl (C=O) groups is 1. The fourth-order valence-corrected chi connectivity index (χ4v) is 3.66. The van der Waals surface area contributed by atoms with Crippen molar-refractivity contribution in [2.45, 2.75) is 57.8 Å². The standard InChI is InChI=1S/C19H26N6O2/c1-11(25-8-12(20)6-23-25)13-7-21-17(19-5-14(19)16(26)22-10-19)24-15(13)9-27-18(2,3)4/h6-8,11,14H,5,9-10,20H2,1-4H3,(H,22,26). The van der Waals surface area contributed by atoms with Crippen LogP contribution in [0.15, 0.2) is 18.6 Å². The van der Waals surface area contributed by atoms with E-state index >= 15 is 0 Å². The largest absolute Gasteiger partial charge is 0.396 e. The van der Waals surface area contributed by atoms with Gasteiger partial charge in [0.2, 0.25) is 5.91 Å². The number of nitrogen functional groups attached to an aromatic ring is 1. The number of nitrogens with two attached hydrogens (primary N) is 1. The number of amides is 1. The topological polar surface area (TPSA) is 108 Å². The van der Waals surface area contributed by atoms with Crippen molar-refractivity contribution < 1.29 is 9.53 Å². The Morgan fingerprint density at radius 3 is 2.78 bits per heavy atom. The average Bonchev–Trinajstić information content (AvgIpc) is 3.06. The van der Waals surface area contributed by atoms with Gasteiger partial charge in [-0.3, -0.25) is 9.48 Å². The Bertz CT molecular complexity index is 887. The second kappa shape index (κ2) is 6.02. The fourth-order valence-electron chi connectivity index (χ4n) is 3.66. The van der Waals surface area contributed by atoms with Gasteiger partial charge in [-0.05, 0) is 34.1 Å². The van der Waals surface area contributed by atoms with Crippen LogP contribution in [0.3, 0.4) is 0 Å². The second-order valence-electron chi connectivity index (χ2n) is 8.56. The minimum Gasteiger partial charge on any atom is -0.396 e. The molecule has 0 spiro atoms. The number of anilines is 1. The maximum Gasteiger partial charge on any atom is 0.224 e. The third-order valence-electron chi connectivity index (χ3n) is 5.43. The van der Waals surface area contributed by atoms with Gasteiger partial charge >= 0.3 is 0 Å². The molecule has 1 amide bonds. The molecule has 2 aromatic heterocycles. The summed E-state index contributed by atoms with van der Waals surface area (Å²) in [5.41, 5.74) is 7.67. The van der Waals surface area contributed by atoms with Gasteiger partial charge in [-0.1, -0.05) is 0 Å². The molecule has 27 heavy (non-hydrogen) atoms. The van der Waals surface area contributed by atoms with Gasteiger partial charge in [0.05, 0.1) is 47.2 Å². The van der Waals surface area contributed by atoms with Gasteiger partial charge in [-0.25, -0.2) is 9.97 Å². The highest BCUT2D eigenvalue weighted by atomic mass is 16.5. The molecule has 3 heterocycles. The summed E-state index contributed by atoms with van der Waals surface area (Å²) in [4.78, 5) is 21.4. The lowest BCUT2D eigenvalue weighted by molar-refractivity contribution is -0.120. The van der Waals surface area contributed by atoms with E-state index < -0.39 is 0 Å². The van der Waals surface area contributed by atoms with Crippen molar-refractivity contribution in [3.8, 4) is 0 Å². The summed E-state index contributed by atoms with van der Waals surface area (Å²) in [6, 6.07) is -0.0780. The smallest absolute Gasteiger partial charge is 0.224 e. The van der Waals surface area contributed by atoms with Crippen LogP contribution in [0.5, 0.6) is 0 Å². The van der Waals surface area contributed by atoms with Crippen molar-refractivity contribution in [2.24, 2.45) is 5.92 Å². The normalized spacial score (nSPS) is 25.2. The Labute approximate surface area is 158 Å². The quantitative estimate of drug-likeness (QED) is 0.827. The molecule has 1 saturated carbocycles. The van der Waals surface area contributed by atoms with Gasteiger partial charge in [-0.2, -0.15) is 5.10 Å². The van der Waals surface area contributed by atoms with E-state index in [9.17, 15) is 4.79 Å². The summed E-state index contributed by atoms with van der Waals surface area (Å²) in [5, 5.41) is 7.24. The molecule has 2 aliphatic rings. The van der Waals surface area contributed by atoms with Crippen LogP contribution in [-0.2, 0) is 21.6 Å². The van der Waals surface area contributed by atoms with Gasteiger partial charge < -0.3 is 15.8 Å². The van der Waals surface area contributed by atoms with Crippen LogP contribution in [0.4, 0.5) is 5.69 Å². The van der Waals surface area contributed by atoms with Crippen LogP contribution in [0.25, 0.3) is 0 Å². The molecule has 2 aromatic rings. The van der Waals surface area contributed by atoms with E-state index in [1.54, 1.807) is 17.1 Å². The highest BCUT2D eigenvalue weighted by Crippen LogP contribution is 2.55. The Morgan fingerprint density at radius 2 is 2.22 bits per heavy atom. The number of nitrogens with zero attached hydrogens (tertiary/aromatic N) is 4. The van der Waals surface area contributed by atoms with Gasteiger partial charge in [0, 0.05) is 24.5 Å². The number of ether oxygens (including phenoxy) is 1. The molecule has 0 bridgehead atoms. The average molecular weight is 370 g/mol. The molecular weight excluding hydrogens is 344 g/mol. The van der Waals surface area contributed by atoms with Crippen LogP contribution in [0, 0.1) is 5.92 Å². The Balaban J connectivity index is 1.69. The Kier molecular flexibility index (Phi) is 3.99. The molecule has 4 rings (SSSR count). The number of carbonyl (C=O) groups excluding carboxylic acids is 1. The number of piperidine rings is 1. The van der Waals surface area contributed by atoms with Crippen molar-refractivity contribution in [1.29, 1.82) is 0 Å². The molecular formula is C19H26N6O2. The third kappa shape index (κ3) is 3.18. The predicted octanol–water partition coefficient (Wildman–Crippen LogP) is 1.57. The first-order valence-electron chi connectivity index (χ1n) is 9.27. The molecule has 144 valence electrons. The van der Waals surface area contributed by atoms with Gasteiger partial charge in [0.1, 0.15) is 5.82 Å². The number of hydrogen-bond acceptors (Lipinski definition) is 6. The third-order valence-corrected chi connectivity index (χ3v) is 5.43. The van der Waals surface area contributed by atoms with Gasteiger partial charge in [0.25, 0.3) is 0 Å². The lowest BCUT2D eigenvalue weighted by Crippen LogP contribution is -2.25. The molecule has 1 saturated heterocycles. The van der Waals surface area contributed by atoms with Crippen LogP contribution in [-0.4, -0.2) is 37.8 Å². The molecule has 0 aromatic carbocycles. The lowest BCUT2D eigenvalue weighted by atomic mass is 10.0. The van der Waals surface area contributed by atoms with E-state index in [4.69, 9.17) is 15.5 Å². The summed E-state index contributed by atoms with van der Waals surface area (Å²) >= 11 is 0. The molecule has 0 radical (unpaired) electrons. The summed E-state index contributed by atoms with van der Waals surface area (Å²) < 4.78 is 7.80. The maximum atomic E-state index is 11.9. The first-order valence-corrected chi connectivity index (χ1v) is 9.27. The van der Waals surface area contributed by atoms with Crippen LogP contribution in [0.2, 0.25) is 0 Å². The number of fused-ring (bicyclic) bond motifs is 1. The van der Waals surface area contributed by atoms with Crippen molar-refractivity contribution >= 4 is 11.6 Å². The summed E-state index contributed by atoms with van der Waals surface area (Å²) in [5.74, 6) is 0.841. The van der Waals surface area contributed by atoms with E-state index in [1.807, 2.05) is 33.9 Å². The van der Waals surface area contributed by atoms with Gasteiger partial charge in [-0.15, -0.1) is 0 Å².